The number of thiophene rings is 1. The number of rotatable bonds is 7. The van der Waals surface area contributed by atoms with Gasteiger partial charge in [-0.2, -0.15) is 11.3 Å². The molecule has 0 bridgehead atoms. The highest BCUT2D eigenvalue weighted by atomic mass is 32.1. The zero-order valence-electron chi connectivity index (χ0n) is 14.4. The maximum Gasteiger partial charge on any atom is 0.252 e. The summed E-state index contributed by atoms with van der Waals surface area (Å²) in [6.45, 7) is 1.17. The molecule has 0 atom stereocenters. The third-order valence-corrected chi connectivity index (χ3v) is 4.85. The summed E-state index contributed by atoms with van der Waals surface area (Å²) in [5.74, 6) is -0.107. The molecule has 1 saturated heterocycles. The Hall–Kier alpha value is -2.67. The molecule has 2 N–H and O–H groups in total. The zero-order chi connectivity index (χ0) is 18.4. The first-order valence-corrected chi connectivity index (χ1v) is 9.58. The first kappa shape index (κ1) is 18.1. The Balaban J connectivity index is 1.43. The minimum Gasteiger partial charge on any atom is -0.352 e. The second-order valence-corrected chi connectivity index (χ2v) is 6.90. The number of carbonyl (C=O) groups excluding carboxylic acids is 3. The Morgan fingerprint density at radius 1 is 1.23 bits per heavy atom. The van der Waals surface area contributed by atoms with Gasteiger partial charge in [0.25, 0.3) is 5.91 Å². The molecule has 1 fully saturated rings. The smallest absolute Gasteiger partial charge is 0.252 e. The van der Waals surface area contributed by atoms with Gasteiger partial charge in [0.15, 0.2) is 0 Å². The fraction of sp³-hybridized carbons (Fsp3) is 0.316. The SMILES string of the molecule is O=C(CCCNC(=O)c1ccsc1)Nc1cccc(N2CCCC2=O)c1. The van der Waals surface area contributed by atoms with E-state index in [-0.39, 0.29) is 17.7 Å². The lowest BCUT2D eigenvalue weighted by molar-refractivity contribution is -0.117. The molecule has 0 spiro atoms. The van der Waals surface area contributed by atoms with Gasteiger partial charge < -0.3 is 15.5 Å². The van der Waals surface area contributed by atoms with Crippen LogP contribution in [0.4, 0.5) is 11.4 Å². The van der Waals surface area contributed by atoms with Crippen LogP contribution in [-0.2, 0) is 9.59 Å². The van der Waals surface area contributed by atoms with E-state index in [1.54, 1.807) is 22.4 Å². The third kappa shape index (κ3) is 4.70. The van der Waals surface area contributed by atoms with E-state index >= 15 is 0 Å². The van der Waals surface area contributed by atoms with Crippen LogP contribution in [0.25, 0.3) is 0 Å². The summed E-state index contributed by atoms with van der Waals surface area (Å²) < 4.78 is 0. The standard InChI is InChI=1S/C19H21N3O3S/c23-17(6-2-9-20-19(25)14-8-11-26-13-14)21-15-4-1-5-16(12-15)22-10-3-7-18(22)24/h1,4-5,8,11-13H,2-3,6-7,9-10H2,(H,20,25)(H,21,23). The summed E-state index contributed by atoms with van der Waals surface area (Å²) in [5.41, 5.74) is 2.13. The highest BCUT2D eigenvalue weighted by Crippen LogP contribution is 2.24. The fourth-order valence-electron chi connectivity index (χ4n) is 2.84. The summed E-state index contributed by atoms with van der Waals surface area (Å²) in [5, 5.41) is 9.29. The van der Waals surface area contributed by atoms with Crippen molar-refractivity contribution >= 4 is 40.4 Å². The largest absolute Gasteiger partial charge is 0.352 e. The van der Waals surface area contributed by atoms with Gasteiger partial charge in [0.05, 0.1) is 0 Å². The summed E-state index contributed by atoms with van der Waals surface area (Å²) in [4.78, 5) is 37.4. The summed E-state index contributed by atoms with van der Waals surface area (Å²) >= 11 is 1.47. The number of nitrogens with one attached hydrogen (secondary N) is 2. The fourth-order valence-corrected chi connectivity index (χ4v) is 3.48. The Morgan fingerprint density at radius 3 is 2.85 bits per heavy atom. The Kier molecular flexibility index (Phi) is 6.01. The van der Waals surface area contributed by atoms with Crippen molar-refractivity contribution in [1.29, 1.82) is 0 Å². The van der Waals surface area contributed by atoms with E-state index in [2.05, 4.69) is 10.6 Å². The molecule has 136 valence electrons. The monoisotopic (exact) mass is 371 g/mol. The topological polar surface area (TPSA) is 78.5 Å². The van der Waals surface area contributed by atoms with E-state index < -0.39 is 0 Å². The van der Waals surface area contributed by atoms with Crippen LogP contribution in [0.5, 0.6) is 0 Å². The van der Waals surface area contributed by atoms with E-state index in [0.717, 1.165) is 18.7 Å². The molecule has 7 heteroatoms. The maximum atomic E-state index is 12.1. The van der Waals surface area contributed by atoms with Crippen molar-refractivity contribution in [2.75, 3.05) is 23.3 Å². The van der Waals surface area contributed by atoms with Gasteiger partial charge in [-0.1, -0.05) is 6.07 Å². The molecule has 3 rings (SSSR count). The van der Waals surface area contributed by atoms with E-state index in [1.165, 1.54) is 11.3 Å². The van der Waals surface area contributed by atoms with Gasteiger partial charge in [0.2, 0.25) is 11.8 Å². The van der Waals surface area contributed by atoms with Crippen molar-refractivity contribution < 1.29 is 14.4 Å². The van der Waals surface area contributed by atoms with Crippen LogP contribution in [0.1, 0.15) is 36.0 Å². The van der Waals surface area contributed by atoms with Crippen LogP contribution >= 0.6 is 11.3 Å². The number of nitrogens with zero attached hydrogens (tertiary/aromatic N) is 1. The number of anilines is 2. The normalized spacial score (nSPS) is 13.7. The lowest BCUT2D eigenvalue weighted by atomic mass is 10.2. The first-order valence-electron chi connectivity index (χ1n) is 8.64. The molecular formula is C19H21N3O3S. The maximum absolute atomic E-state index is 12.1. The van der Waals surface area contributed by atoms with Crippen molar-refractivity contribution in [3.05, 3.63) is 46.7 Å². The minimum absolute atomic E-state index is 0.111. The van der Waals surface area contributed by atoms with Gasteiger partial charge >= 0.3 is 0 Å². The molecule has 1 aliphatic heterocycles. The molecule has 2 aromatic rings. The predicted octanol–water partition coefficient (Wildman–Crippen LogP) is 3.02. The first-order chi connectivity index (χ1) is 12.6. The zero-order valence-corrected chi connectivity index (χ0v) is 15.2. The molecule has 0 saturated carbocycles. The van der Waals surface area contributed by atoms with Crippen molar-refractivity contribution in [1.82, 2.24) is 5.32 Å². The molecule has 1 aliphatic rings. The predicted molar refractivity (Wildman–Crippen MR) is 103 cm³/mol. The van der Waals surface area contributed by atoms with E-state index in [9.17, 15) is 14.4 Å². The minimum atomic E-state index is -0.116. The number of hydrogen-bond acceptors (Lipinski definition) is 4. The second-order valence-electron chi connectivity index (χ2n) is 6.12. The number of carbonyl (C=O) groups is 3. The molecule has 6 nitrogen and oxygen atoms in total. The molecule has 0 aliphatic carbocycles. The van der Waals surface area contributed by atoms with E-state index in [1.807, 2.05) is 23.6 Å². The van der Waals surface area contributed by atoms with Crippen LogP contribution in [0, 0.1) is 0 Å². The molecule has 0 unspecified atom stereocenters. The quantitative estimate of drug-likeness (QED) is 0.735. The van der Waals surface area contributed by atoms with Gasteiger partial charge in [0, 0.05) is 48.2 Å². The number of hydrogen-bond donors (Lipinski definition) is 2. The third-order valence-electron chi connectivity index (χ3n) is 4.16. The van der Waals surface area contributed by atoms with Gasteiger partial charge in [-0.15, -0.1) is 0 Å². The Morgan fingerprint density at radius 2 is 2.12 bits per heavy atom. The van der Waals surface area contributed by atoms with Crippen LogP contribution in [0.15, 0.2) is 41.1 Å². The summed E-state index contributed by atoms with van der Waals surface area (Å²) in [6, 6.07) is 9.10. The summed E-state index contributed by atoms with van der Waals surface area (Å²) in [7, 11) is 0. The molecular weight excluding hydrogens is 350 g/mol. The summed E-state index contributed by atoms with van der Waals surface area (Å²) in [6.07, 6.45) is 2.32. The molecule has 0 radical (unpaired) electrons. The van der Waals surface area contributed by atoms with Crippen molar-refractivity contribution in [3.8, 4) is 0 Å². The van der Waals surface area contributed by atoms with Crippen molar-refractivity contribution in [3.63, 3.8) is 0 Å². The molecule has 1 aromatic heterocycles. The molecule has 26 heavy (non-hydrogen) atoms. The average molecular weight is 371 g/mol. The Bertz CT molecular complexity index is 789. The number of amides is 3. The lowest BCUT2D eigenvalue weighted by Gasteiger charge is -2.16. The van der Waals surface area contributed by atoms with Gasteiger partial charge in [0.1, 0.15) is 0 Å². The Labute approximate surface area is 156 Å². The average Bonchev–Trinajstić information content (AvgIpc) is 3.30. The van der Waals surface area contributed by atoms with Crippen LogP contribution in [0.2, 0.25) is 0 Å². The highest BCUT2D eigenvalue weighted by molar-refractivity contribution is 7.08. The van der Waals surface area contributed by atoms with Crippen LogP contribution < -0.4 is 15.5 Å². The molecule has 3 amide bonds. The van der Waals surface area contributed by atoms with Crippen molar-refractivity contribution in [2.24, 2.45) is 0 Å². The molecule has 1 aromatic carbocycles. The van der Waals surface area contributed by atoms with E-state index in [0.29, 0.717) is 37.1 Å². The lowest BCUT2D eigenvalue weighted by Crippen LogP contribution is -2.25. The van der Waals surface area contributed by atoms with Gasteiger partial charge in [-0.25, -0.2) is 0 Å². The van der Waals surface area contributed by atoms with Crippen molar-refractivity contribution in [2.45, 2.75) is 25.7 Å². The molecule has 2 heterocycles. The highest BCUT2D eigenvalue weighted by Gasteiger charge is 2.21. The van der Waals surface area contributed by atoms with Gasteiger partial charge in [-0.3, -0.25) is 14.4 Å². The van der Waals surface area contributed by atoms with Crippen LogP contribution in [0.3, 0.4) is 0 Å². The van der Waals surface area contributed by atoms with Crippen LogP contribution in [-0.4, -0.2) is 30.8 Å². The number of benzene rings is 1. The van der Waals surface area contributed by atoms with E-state index in [4.69, 9.17) is 0 Å². The van der Waals surface area contributed by atoms with Gasteiger partial charge in [-0.05, 0) is 42.5 Å². The second kappa shape index (κ2) is 8.62.